The number of aliphatic hydroxyl groups is 1. The predicted molar refractivity (Wildman–Crippen MR) is 84.5 cm³/mol. The minimum absolute atomic E-state index is 0.0435. The van der Waals surface area contributed by atoms with E-state index in [1.807, 2.05) is 25.1 Å². The Kier molecular flexibility index (Phi) is 4.98. The Morgan fingerprint density at radius 1 is 0.952 bits per heavy atom. The maximum atomic E-state index is 12.6. The van der Waals surface area contributed by atoms with E-state index in [-0.39, 0.29) is 12.4 Å². The van der Waals surface area contributed by atoms with Gasteiger partial charge in [0.05, 0.1) is 18.0 Å². The number of hydrogen-bond donors (Lipinski definition) is 1. The minimum Gasteiger partial charge on any atom is -0.392 e. The Balaban J connectivity index is 2.23. The monoisotopic (exact) mass is 305 g/mol. The average Bonchev–Trinajstić information content (AvgIpc) is 2.49. The van der Waals surface area contributed by atoms with E-state index in [2.05, 4.69) is 0 Å². The third-order valence-electron chi connectivity index (χ3n) is 3.22. The van der Waals surface area contributed by atoms with Crippen molar-refractivity contribution in [3.8, 4) is 0 Å². The fourth-order valence-electron chi connectivity index (χ4n) is 2.16. The molecule has 0 heterocycles. The van der Waals surface area contributed by atoms with Crippen LogP contribution in [0.5, 0.6) is 0 Å². The van der Waals surface area contributed by atoms with E-state index in [0.717, 1.165) is 5.56 Å². The van der Waals surface area contributed by atoms with Gasteiger partial charge in [-0.3, -0.25) is 4.31 Å². The smallest absolute Gasteiger partial charge is 0.239 e. The van der Waals surface area contributed by atoms with Crippen LogP contribution >= 0.6 is 0 Å². The summed E-state index contributed by atoms with van der Waals surface area (Å²) in [6.07, 6.45) is 0. The first-order chi connectivity index (χ1) is 10.1. The molecule has 0 saturated carbocycles. The van der Waals surface area contributed by atoms with E-state index in [1.165, 1.54) is 4.31 Å². The zero-order valence-electron chi connectivity index (χ0n) is 11.9. The molecule has 21 heavy (non-hydrogen) atoms. The fraction of sp³-hybridized carbons (Fsp3) is 0.250. The van der Waals surface area contributed by atoms with E-state index in [4.69, 9.17) is 5.11 Å². The molecule has 0 bridgehead atoms. The highest BCUT2D eigenvalue weighted by atomic mass is 32.2. The minimum atomic E-state index is -3.43. The molecule has 5 heteroatoms. The van der Waals surface area contributed by atoms with Crippen LogP contribution in [-0.2, 0) is 22.4 Å². The fourth-order valence-corrected chi connectivity index (χ4v) is 3.77. The highest BCUT2D eigenvalue weighted by Crippen LogP contribution is 2.20. The molecule has 0 atom stereocenters. The standard InChI is InChI=1S/C16H19NO3S/c1-2-17(16-6-4-3-5-7-16)21(19,20)13-15-10-8-14(12-18)9-11-15/h3-11,18H,2,12-13H2,1H3. The van der Waals surface area contributed by atoms with Crippen LogP contribution in [0.3, 0.4) is 0 Å². The number of benzene rings is 2. The van der Waals surface area contributed by atoms with Gasteiger partial charge in [0.15, 0.2) is 0 Å². The molecule has 0 aliphatic heterocycles. The third kappa shape index (κ3) is 3.83. The molecule has 0 unspecified atom stereocenters. The van der Waals surface area contributed by atoms with Gasteiger partial charge in [-0.25, -0.2) is 8.42 Å². The molecule has 112 valence electrons. The van der Waals surface area contributed by atoms with Crippen LogP contribution in [0.1, 0.15) is 18.1 Å². The number of nitrogens with zero attached hydrogens (tertiary/aromatic N) is 1. The number of hydrogen-bond acceptors (Lipinski definition) is 3. The van der Waals surface area contributed by atoms with Gasteiger partial charge in [0.1, 0.15) is 0 Å². The van der Waals surface area contributed by atoms with Gasteiger partial charge < -0.3 is 5.11 Å². The van der Waals surface area contributed by atoms with Crippen LogP contribution in [-0.4, -0.2) is 20.1 Å². The summed E-state index contributed by atoms with van der Waals surface area (Å²) in [5, 5.41) is 9.01. The first-order valence-corrected chi connectivity index (χ1v) is 8.42. The lowest BCUT2D eigenvalue weighted by atomic mass is 10.2. The molecule has 0 fully saturated rings. The van der Waals surface area contributed by atoms with Crippen molar-refractivity contribution in [2.75, 3.05) is 10.8 Å². The third-order valence-corrected chi connectivity index (χ3v) is 5.06. The summed E-state index contributed by atoms with van der Waals surface area (Å²) in [7, 11) is -3.43. The van der Waals surface area contributed by atoms with Crippen LogP contribution in [0.4, 0.5) is 5.69 Å². The van der Waals surface area contributed by atoms with Crippen molar-refractivity contribution in [3.63, 3.8) is 0 Å². The van der Waals surface area contributed by atoms with Crippen LogP contribution in [0.25, 0.3) is 0 Å². The van der Waals surface area contributed by atoms with E-state index in [9.17, 15) is 8.42 Å². The number of anilines is 1. The molecule has 4 nitrogen and oxygen atoms in total. The van der Waals surface area contributed by atoms with Gasteiger partial charge in [0, 0.05) is 6.54 Å². The van der Waals surface area contributed by atoms with E-state index in [1.54, 1.807) is 36.4 Å². The number of rotatable bonds is 6. The van der Waals surface area contributed by atoms with Gasteiger partial charge in [0.25, 0.3) is 0 Å². The SMILES string of the molecule is CCN(c1ccccc1)S(=O)(=O)Cc1ccc(CO)cc1. The predicted octanol–water partition coefficient (Wildman–Crippen LogP) is 2.54. The van der Waals surface area contributed by atoms with Crippen LogP contribution < -0.4 is 4.31 Å². The molecule has 2 aromatic rings. The van der Waals surface area contributed by atoms with Crippen LogP contribution in [0.15, 0.2) is 54.6 Å². The molecule has 2 rings (SSSR count). The quantitative estimate of drug-likeness (QED) is 0.892. The van der Waals surface area contributed by atoms with Gasteiger partial charge in [-0.05, 0) is 30.2 Å². The highest BCUT2D eigenvalue weighted by Gasteiger charge is 2.21. The Morgan fingerprint density at radius 3 is 2.05 bits per heavy atom. The molecule has 0 aromatic heterocycles. The van der Waals surface area contributed by atoms with E-state index in [0.29, 0.717) is 17.8 Å². The second kappa shape index (κ2) is 6.74. The molecule has 0 amide bonds. The van der Waals surface area contributed by atoms with Crippen molar-refractivity contribution in [1.82, 2.24) is 0 Å². The molecule has 2 aromatic carbocycles. The van der Waals surface area contributed by atoms with Crippen molar-refractivity contribution >= 4 is 15.7 Å². The summed E-state index contributed by atoms with van der Waals surface area (Å²) in [5.41, 5.74) is 2.15. The molecule has 0 radical (unpaired) electrons. The largest absolute Gasteiger partial charge is 0.392 e. The van der Waals surface area contributed by atoms with Crippen molar-refractivity contribution in [2.24, 2.45) is 0 Å². The molecule has 0 aliphatic rings. The van der Waals surface area contributed by atoms with Gasteiger partial charge in [-0.2, -0.15) is 0 Å². The molecular weight excluding hydrogens is 286 g/mol. The molecule has 0 saturated heterocycles. The Labute approximate surface area is 125 Å². The Morgan fingerprint density at radius 2 is 1.52 bits per heavy atom. The molecular formula is C16H19NO3S. The number of aliphatic hydroxyl groups excluding tert-OH is 1. The lowest BCUT2D eigenvalue weighted by molar-refractivity contribution is 0.282. The Bertz CT molecular complexity index is 666. The van der Waals surface area contributed by atoms with Crippen LogP contribution in [0, 0.1) is 0 Å². The van der Waals surface area contributed by atoms with Crippen LogP contribution in [0.2, 0.25) is 0 Å². The second-order valence-electron chi connectivity index (χ2n) is 4.73. The summed E-state index contributed by atoms with van der Waals surface area (Å²) in [6.45, 7) is 2.17. The first kappa shape index (κ1) is 15.5. The summed E-state index contributed by atoms with van der Waals surface area (Å²) in [6, 6.07) is 16.0. The van der Waals surface area contributed by atoms with Crippen molar-refractivity contribution < 1.29 is 13.5 Å². The maximum Gasteiger partial charge on any atom is 0.239 e. The topological polar surface area (TPSA) is 57.6 Å². The lowest BCUT2D eigenvalue weighted by Crippen LogP contribution is -2.31. The molecule has 0 aliphatic carbocycles. The zero-order valence-corrected chi connectivity index (χ0v) is 12.8. The van der Waals surface area contributed by atoms with E-state index >= 15 is 0 Å². The van der Waals surface area contributed by atoms with Crippen molar-refractivity contribution in [3.05, 3.63) is 65.7 Å². The summed E-state index contributed by atoms with van der Waals surface area (Å²) >= 11 is 0. The summed E-state index contributed by atoms with van der Waals surface area (Å²) in [5.74, 6) is -0.0541. The van der Waals surface area contributed by atoms with Crippen molar-refractivity contribution in [1.29, 1.82) is 0 Å². The average molecular weight is 305 g/mol. The second-order valence-corrected chi connectivity index (χ2v) is 6.62. The molecule has 0 spiro atoms. The summed E-state index contributed by atoms with van der Waals surface area (Å²) < 4.78 is 26.5. The van der Waals surface area contributed by atoms with Gasteiger partial charge in [0.2, 0.25) is 10.0 Å². The normalized spacial score (nSPS) is 11.3. The van der Waals surface area contributed by atoms with Crippen molar-refractivity contribution in [2.45, 2.75) is 19.3 Å². The lowest BCUT2D eigenvalue weighted by Gasteiger charge is -2.22. The highest BCUT2D eigenvalue weighted by molar-refractivity contribution is 7.92. The van der Waals surface area contributed by atoms with Gasteiger partial charge in [-0.1, -0.05) is 42.5 Å². The van der Waals surface area contributed by atoms with Gasteiger partial charge >= 0.3 is 0 Å². The first-order valence-electron chi connectivity index (χ1n) is 6.81. The zero-order chi connectivity index (χ0) is 15.3. The maximum absolute atomic E-state index is 12.6. The molecule has 1 N–H and O–H groups in total. The Hall–Kier alpha value is -1.85. The summed E-state index contributed by atoms with van der Waals surface area (Å²) in [4.78, 5) is 0. The number of sulfonamides is 1. The van der Waals surface area contributed by atoms with E-state index < -0.39 is 10.0 Å². The van der Waals surface area contributed by atoms with Gasteiger partial charge in [-0.15, -0.1) is 0 Å². The number of para-hydroxylation sites is 1.